The summed E-state index contributed by atoms with van der Waals surface area (Å²) in [7, 11) is 3.10. The number of ether oxygens (including phenoxy) is 4. The Hall–Kier alpha value is -6.28. The van der Waals surface area contributed by atoms with Gasteiger partial charge >= 0.3 is 0 Å². The van der Waals surface area contributed by atoms with E-state index in [0.29, 0.717) is 48.7 Å². The first kappa shape index (κ1) is 48.7. The number of phenolic OH excluding ortho intramolecular Hbond substituents is 4. The minimum atomic E-state index is -0.620. The van der Waals surface area contributed by atoms with Crippen molar-refractivity contribution in [2.75, 3.05) is 14.2 Å². The molecule has 6 bridgehead atoms. The average Bonchev–Trinajstić information content (AvgIpc) is 3.26. The van der Waals surface area contributed by atoms with Crippen LogP contribution in [0.3, 0.4) is 0 Å². The van der Waals surface area contributed by atoms with Gasteiger partial charge in [0.1, 0.15) is 35.2 Å². The molecule has 1 saturated carbocycles. The molecule has 4 N–H and O–H groups in total. The van der Waals surface area contributed by atoms with Crippen molar-refractivity contribution in [1.29, 1.82) is 0 Å². The molecule has 9 rings (SSSR count). The summed E-state index contributed by atoms with van der Waals surface area (Å²) in [5, 5.41) is 47.4. The van der Waals surface area contributed by atoms with Gasteiger partial charge in [-0.25, -0.2) is 0 Å². The highest BCUT2D eigenvalue weighted by atomic mass is 16.6. The molecule has 1 aliphatic carbocycles. The third-order valence-electron chi connectivity index (χ3n) is 15.1. The van der Waals surface area contributed by atoms with Crippen LogP contribution in [-0.4, -0.2) is 46.9 Å². The molecule has 0 spiro atoms. The van der Waals surface area contributed by atoms with Crippen molar-refractivity contribution in [3.8, 4) is 46.0 Å². The van der Waals surface area contributed by atoms with Gasteiger partial charge in [-0.15, -0.1) is 0 Å². The van der Waals surface area contributed by atoms with Crippen molar-refractivity contribution in [3.05, 3.63) is 163 Å². The molecule has 2 aliphatic heterocycles. The molecule has 1 fully saturated rings. The van der Waals surface area contributed by atoms with Crippen molar-refractivity contribution in [2.45, 2.75) is 154 Å². The van der Waals surface area contributed by atoms with Crippen molar-refractivity contribution in [3.63, 3.8) is 0 Å². The van der Waals surface area contributed by atoms with Gasteiger partial charge in [-0.3, -0.25) is 0 Å². The Morgan fingerprint density at radius 3 is 0.886 bits per heavy atom. The smallest absolute Gasteiger partial charge is 0.160 e. The summed E-state index contributed by atoms with van der Waals surface area (Å²) in [6.07, 6.45) is 0.271. The van der Waals surface area contributed by atoms with E-state index in [-0.39, 0.29) is 56.5 Å². The van der Waals surface area contributed by atoms with Crippen LogP contribution in [-0.2, 0) is 47.3 Å². The van der Waals surface area contributed by atoms with Crippen molar-refractivity contribution in [1.82, 2.24) is 0 Å². The number of rotatable bonds is 4. The number of phenols is 4. The van der Waals surface area contributed by atoms with E-state index in [1.54, 1.807) is 26.4 Å². The second-order valence-electron chi connectivity index (χ2n) is 24.3. The number of methoxy groups -OCH3 is 2. The zero-order chi connectivity index (χ0) is 50.6. The Labute approximate surface area is 415 Å². The van der Waals surface area contributed by atoms with E-state index in [9.17, 15) is 20.4 Å². The fourth-order valence-corrected chi connectivity index (χ4v) is 10.8. The Balaban J connectivity index is 1.45. The van der Waals surface area contributed by atoms with Gasteiger partial charge in [0.05, 0.1) is 14.2 Å². The van der Waals surface area contributed by atoms with E-state index in [4.69, 9.17) is 18.9 Å². The molecule has 4 atom stereocenters. The minimum Gasteiger partial charge on any atom is -0.507 e. The van der Waals surface area contributed by atoms with Gasteiger partial charge < -0.3 is 39.4 Å². The van der Waals surface area contributed by atoms with Crippen molar-refractivity contribution in [2.24, 2.45) is 0 Å². The first-order valence-electron chi connectivity index (χ1n) is 24.8. The van der Waals surface area contributed by atoms with Crippen LogP contribution in [0, 0.1) is 0 Å². The summed E-state index contributed by atoms with van der Waals surface area (Å²) < 4.78 is 27.1. The Bertz CT molecular complexity index is 2720. The molecule has 368 valence electrons. The molecular formula is C62H72O8. The summed E-state index contributed by atoms with van der Waals surface area (Å²) in [5.41, 5.74) is 12.1. The molecule has 2 heterocycles. The van der Waals surface area contributed by atoms with Crippen molar-refractivity contribution < 1.29 is 39.4 Å². The zero-order valence-electron chi connectivity index (χ0n) is 43.6. The maximum Gasteiger partial charge on any atom is 0.160 e. The Morgan fingerprint density at radius 2 is 0.643 bits per heavy atom. The van der Waals surface area contributed by atoms with Gasteiger partial charge in [0.2, 0.25) is 0 Å². The maximum atomic E-state index is 12.7. The van der Waals surface area contributed by atoms with Gasteiger partial charge in [-0.1, -0.05) is 144 Å². The van der Waals surface area contributed by atoms with E-state index in [1.165, 1.54) is 0 Å². The first-order chi connectivity index (χ1) is 32.7. The molecular weight excluding hydrogens is 873 g/mol. The second kappa shape index (κ2) is 17.2. The number of hydrogen-bond acceptors (Lipinski definition) is 8. The van der Waals surface area contributed by atoms with Gasteiger partial charge in [0.15, 0.2) is 23.0 Å². The largest absolute Gasteiger partial charge is 0.507 e. The van der Waals surface area contributed by atoms with Crippen LogP contribution in [0.15, 0.2) is 84.9 Å². The quantitative estimate of drug-likeness (QED) is 0.138. The Kier molecular flexibility index (Phi) is 12.0. The van der Waals surface area contributed by atoms with Crippen molar-refractivity contribution >= 4 is 0 Å². The minimum absolute atomic E-state index is 0.0263. The lowest BCUT2D eigenvalue weighted by Gasteiger charge is -2.52. The lowest BCUT2D eigenvalue weighted by Crippen LogP contribution is -2.58. The maximum absolute atomic E-state index is 12.7. The van der Waals surface area contributed by atoms with E-state index in [1.807, 2.05) is 24.3 Å². The lowest BCUT2D eigenvalue weighted by atomic mass is 9.62. The molecule has 8 nitrogen and oxygen atoms in total. The predicted molar refractivity (Wildman–Crippen MR) is 279 cm³/mol. The average molecular weight is 945 g/mol. The van der Waals surface area contributed by atoms with E-state index in [2.05, 4.69) is 132 Å². The van der Waals surface area contributed by atoms with E-state index >= 15 is 0 Å². The Morgan fingerprint density at radius 1 is 0.386 bits per heavy atom. The fraction of sp³-hybridized carbons (Fsp3) is 0.419. The molecule has 6 aromatic carbocycles. The van der Waals surface area contributed by atoms with Crippen LogP contribution in [0.1, 0.15) is 173 Å². The highest BCUT2D eigenvalue weighted by Crippen LogP contribution is 2.57. The third kappa shape index (κ3) is 8.92. The van der Waals surface area contributed by atoms with Crippen LogP contribution in [0.5, 0.6) is 46.0 Å². The molecule has 6 aromatic rings. The normalized spacial score (nSPS) is 18.9. The van der Waals surface area contributed by atoms with Gasteiger partial charge in [0.25, 0.3) is 0 Å². The topological polar surface area (TPSA) is 118 Å². The van der Waals surface area contributed by atoms with Crippen LogP contribution in [0.2, 0.25) is 0 Å². The second-order valence-corrected chi connectivity index (χ2v) is 24.3. The molecule has 0 saturated heterocycles. The SMILES string of the molecule is COc1cc([C@@H]2[C@H]3Oc4c5cc(C(C)(C)C)cc4Cc4cc(C(C)(C)C)cc(c4O)Cc4cc(C(C)(C)C)cc(c4O[C@H]3[C@@H]2c2ccc(O)c(OC)c2)Cc2cc(C(C)(C)C)cc(c2O)C5)ccc1O. The third-order valence-corrected chi connectivity index (χ3v) is 15.1. The molecule has 3 aliphatic rings. The van der Waals surface area contributed by atoms with E-state index < -0.39 is 12.2 Å². The monoisotopic (exact) mass is 945 g/mol. The number of benzene rings is 6. The molecule has 8 heteroatoms. The highest BCUT2D eigenvalue weighted by Gasteiger charge is 2.57. The molecule has 70 heavy (non-hydrogen) atoms. The summed E-state index contributed by atoms with van der Waals surface area (Å²) in [5.74, 6) is 1.87. The standard InChI is InChI=1S/C62H72O8/c1-59(2,3)43-23-35-19-39-27-45(61(7,8)9)29-41-21-37-25-44(60(4,5)6)26-38(54(37)66)22-42-30-46(62(10,11)12)28-40(20-36(24-43)53(35)65)56(42)70-58-52(34-16-18-48(64)50(32-34)68-14)51(57(58)69-55(39)41)33-15-17-47(63)49(31-33)67-13/h15-18,23-32,51-52,57-58,63-66H,19-22H2,1-14H3/t51-,52+,57+,58-. The van der Waals surface area contributed by atoms with Crippen LogP contribution in [0.25, 0.3) is 0 Å². The van der Waals surface area contributed by atoms with Crippen LogP contribution >= 0.6 is 0 Å². The first-order valence-corrected chi connectivity index (χ1v) is 24.8. The summed E-state index contributed by atoms with van der Waals surface area (Å²) in [4.78, 5) is 0. The predicted octanol–water partition coefficient (Wildman–Crippen LogP) is 13.5. The molecule has 0 amide bonds. The molecule has 0 aromatic heterocycles. The highest BCUT2D eigenvalue weighted by molar-refractivity contribution is 5.61. The fourth-order valence-electron chi connectivity index (χ4n) is 10.8. The molecule has 0 unspecified atom stereocenters. The summed E-state index contributed by atoms with van der Waals surface area (Å²) in [6.45, 7) is 26.6. The van der Waals surface area contributed by atoms with Gasteiger partial charge in [0, 0.05) is 37.5 Å². The van der Waals surface area contributed by atoms with Gasteiger partial charge in [-0.05, 0) is 124 Å². The number of aromatic hydroxyl groups is 4. The summed E-state index contributed by atoms with van der Waals surface area (Å²) >= 11 is 0. The van der Waals surface area contributed by atoms with E-state index in [0.717, 1.165) is 77.9 Å². The number of hydrogen-bond donors (Lipinski definition) is 4. The van der Waals surface area contributed by atoms with Gasteiger partial charge in [-0.2, -0.15) is 0 Å². The zero-order valence-corrected chi connectivity index (χ0v) is 43.6. The number of fused-ring (bicyclic) bond motifs is 4. The molecule has 0 radical (unpaired) electrons. The lowest BCUT2D eigenvalue weighted by molar-refractivity contribution is -0.0638. The van der Waals surface area contributed by atoms with Crippen LogP contribution < -0.4 is 18.9 Å². The van der Waals surface area contributed by atoms with Crippen LogP contribution in [0.4, 0.5) is 0 Å². The summed E-state index contributed by atoms with van der Waals surface area (Å²) in [6, 6.07) is 28.6.